The summed E-state index contributed by atoms with van der Waals surface area (Å²) >= 11 is 0. The van der Waals surface area contributed by atoms with Gasteiger partial charge >= 0.3 is 0 Å². The molecule has 2 aromatic carbocycles. The van der Waals surface area contributed by atoms with Crippen LogP contribution in [0.5, 0.6) is 0 Å². The van der Waals surface area contributed by atoms with E-state index in [-0.39, 0.29) is 12.1 Å². The van der Waals surface area contributed by atoms with Crippen molar-refractivity contribution in [3.05, 3.63) is 84.3 Å². The number of nitrogens with one attached hydrogen (secondary N) is 1. The lowest BCUT2D eigenvalue weighted by Crippen LogP contribution is -2.42. The van der Waals surface area contributed by atoms with Crippen LogP contribution in [0.4, 0.5) is 5.69 Å². The molecule has 5 aromatic rings. The molecule has 0 aliphatic heterocycles. The first-order valence-corrected chi connectivity index (χ1v) is 12.5. The van der Waals surface area contributed by atoms with Crippen LogP contribution in [0.25, 0.3) is 38.8 Å². The van der Waals surface area contributed by atoms with Crippen LogP contribution in [-0.4, -0.2) is 26.6 Å². The van der Waals surface area contributed by atoms with Crippen LogP contribution in [0.15, 0.2) is 73.2 Å². The van der Waals surface area contributed by atoms with Gasteiger partial charge < -0.3 is 15.6 Å². The fourth-order valence-corrected chi connectivity index (χ4v) is 5.43. The van der Waals surface area contributed by atoms with Crippen LogP contribution in [-0.2, 0) is 0 Å². The average molecular weight is 473 g/mol. The number of nitrogens with two attached hydrogens (primary N) is 1. The first-order chi connectivity index (χ1) is 17.6. The maximum absolute atomic E-state index is 9.74. The molecule has 36 heavy (non-hydrogen) atoms. The molecule has 0 amide bonds. The molecule has 3 N–H and O–H groups in total. The lowest BCUT2D eigenvalue weighted by molar-refractivity contribution is 0.404. The summed E-state index contributed by atoms with van der Waals surface area (Å²) in [6.45, 7) is 2.11. The highest BCUT2D eigenvalue weighted by molar-refractivity contribution is 5.98. The van der Waals surface area contributed by atoms with Crippen LogP contribution in [0, 0.1) is 18.3 Å². The number of hydrogen-bond donors (Lipinski definition) is 2. The van der Waals surface area contributed by atoms with E-state index in [9.17, 15) is 5.26 Å². The number of fused-ring (bicyclic) bond motifs is 2. The summed E-state index contributed by atoms with van der Waals surface area (Å²) < 4.78 is 2.11. The minimum Gasteiger partial charge on any atom is -0.380 e. The topological polar surface area (TPSA) is 92.5 Å². The minimum atomic E-state index is 0.100. The molecule has 1 saturated carbocycles. The van der Waals surface area contributed by atoms with Crippen LogP contribution in [0.2, 0.25) is 0 Å². The Hall–Kier alpha value is -4.21. The van der Waals surface area contributed by atoms with Crippen LogP contribution in [0.3, 0.4) is 0 Å². The van der Waals surface area contributed by atoms with Gasteiger partial charge in [-0.05, 0) is 67.3 Å². The molecule has 0 radical (unpaired) electrons. The molecule has 2 atom stereocenters. The Labute approximate surface area is 210 Å². The van der Waals surface area contributed by atoms with Gasteiger partial charge in [0.15, 0.2) is 0 Å². The molecule has 0 spiro atoms. The second-order valence-electron chi connectivity index (χ2n) is 9.70. The predicted molar refractivity (Wildman–Crippen MR) is 145 cm³/mol. The van der Waals surface area contributed by atoms with Crippen molar-refractivity contribution in [2.45, 2.75) is 44.7 Å². The standard InChI is InChI=1S/C30H28N6/c1-19-18-36(23-11-10-21(16-31)28(15-23)35-27-9-5-3-7-25(27)32)30-29(19)24(12-13-33-30)22-14-20-6-2-4-8-26(20)34-17-22/h2,4,6,8,10-15,17-18,25,27,35H,3,5,7,9,32H2,1H3/t25-,27-/m1/s1. The third kappa shape index (κ3) is 3.88. The van der Waals surface area contributed by atoms with Gasteiger partial charge in [0.25, 0.3) is 0 Å². The molecule has 3 heterocycles. The van der Waals surface area contributed by atoms with Gasteiger partial charge in [0.2, 0.25) is 0 Å². The molecule has 1 aliphatic rings. The highest BCUT2D eigenvalue weighted by atomic mass is 15.0. The maximum Gasteiger partial charge on any atom is 0.145 e. The van der Waals surface area contributed by atoms with Crippen molar-refractivity contribution in [3.8, 4) is 22.9 Å². The second kappa shape index (κ2) is 9.10. The zero-order valence-electron chi connectivity index (χ0n) is 20.3. The lowest BCUT2D eigenvalue weighted by Gasteiger charge is -2.30. The second-order valence-corrected chi connectivity index (χ2v) is 9.70. The summed E-state index contributed by atoms with van der Waals surface area (Å²) in [4.78, 5) is 9.44. The van der Waals surface area contributed by atoms with Crippen LogP contribution < -0.4 is 11.1 Å². The van der Waals surface area contributed by atoms with Crippen molar-refractivity contribution in [3.63, 3.8) is 0 Å². The smallest absolute Gasteiger partial charge is 0.145 e. The van der Waals surface area contributed by atoms with Crippen molar-refractivity contribution in [2.75, 3.05) is 5.32 Å². The predicted octanol–water partition coefficient (Wildman–Crippen LogP) is 6.10. The van der Waals surface area contributed by atoms with Crippen LogP contribution in [0.1, 0.15) is 36.8 Å². The summed E-state index contributed by atoms with van der Waals surface area (Å²) in [6.07, 6.45) is 10.3. The minimum absolute atomic E-state index is 0.100. The molecule has 6 heteroatoms. The Morgan fingerprint density at radius 1 is 1.06 bits per heavy atom. The number of benzene rings is 2. The average Bonchev–Trinajstić information content (AvgIpc) is 3.26. The van der Waals surface area contributed by atoms with Gasteiger partial charge in [-0.3, -0.25) is 4.98 Å². The quantitative estimate of drug-likeness (QED) is 0.330. The summed E-state index contributed by atoms with van der Waals surface area (Å²) in [7, 11) is 0. The van der Waals surface area contributed by atoms with Gasteiger partial charge in [-0.2, -0.15) is 5.26 Å². The summed E-state index contributed by atoms with van der Waals surface area (Å²) in [5.41, 5.74) is 14.0. The maximum atomic E-state index is 9.74. The Balaban J connectivity index is 1.44. The van der Waals surface area contributed by atoms with E-state index in [1.54, 1.807) is 0 Å². The number of anilines is 1. The number of para-hydroxylation sites is 1. The van der Waals surface area contributed by atoms with Gasteiger partial charge in [0.05, 0.1) is 16.8 Å². The molecular weight excluding hydrogens is 444 g/mol. The molecule has 1 aliphatic carbocycles. The van der Waals surface area contributed by atoms with E-state index >= 15 is 0 Å². The summed E-state index contributed by atoms with van der Waals surface area (Å²) in [5, 5.41) is 15.5. The number of aromatic nitrogens is 3. The third-order valence-corrected chi connectivity index (χ3v) is 7.34. The highest BCUT2D eigenvalue weighted by Crippen LogP contribution is 2.34. The van der Waals surface area contributed by atoms with Gasteiger partial charge in [0.1, 0.15) is 11.7 Å². The number of rotatable bonds is 4. The SMILES string of the molecule is Cc1cn(-c2ccc(C#N)c(N[C@@H]3CCCC[C@H]3N)c2)c2nccc(-c3cnc4ccccc4c3)c12. The Bertz CT molecular complexity index is 1630. The highest BCUT2D eigenvalue weighted by Gasteiger charge is 2.23. The number of nitriles is 1. The van der Waals surface area contributed by atoms with Gasteiger partial charge in [0, 0.05) is 52.7 Å². The number of hydrogen-bond acceptors (Lipinski definition) is 5. The monoisotopic (exact) mass is 472 g/mol. The fraction of sp³-hybridized carbons (Fsp3) is 0.233. The lowest BCUT2D eigenvalue weighted by atomic mass is 9.90. The van der Waals surface area contributed by atoms with Crippen molar-refractivity contribution in [1.29, 1.82) is 5.26 Å². The summed E-state index contributed by atoms with van der Waals surface area (Å²) in [5.74, 6) is 0. The third-order valence-electron chi connectivity index (χ3n) is 7.34. The Morgan fingerprint density at radius 2 is 1.92 bits per heavy atom. The zero-order valence-corrected chi connectivity index (χ0v) is 20.3. The molecule has 0 saturated heterocycles. The van der Waals surface area contributed by atoms with E-state index in [4.69, 9.17) is 10.7 Å². The fourth-order valence-electron chi connectivity index (χ4n) is 5.43. The number of nitrogens with zero attached hydrogens (tertiary/aromatic N) is 4. The molecule has 0 bridgehead atoms. The Kier molecular flexibility index (Phi) is 5.63. The normalized spacial score (nSPS) is 17.8. The van der Waals surface area contributed by atoms with E-state index in [1.165, 1.54) is 6.42 Å². The summed E-state index contributed by atoms with van der Waals surface area (Å²) in [6, 6.07) is 20.9. The number of aryl methyl sites for hydroxylation is 1. The van der Waals surface area contributed by atoms with E-state index in [0.717, 1.165) is 69.3 Å². The van der Waals surface area contributed by atoms with E-state index < -0.39 is 0 Å². The molecule has 1 fully saturated rings. The largest absolute Gasteiger partial charge is 0.380 e. The van der Waals surface area contributed by atoms with Crippen molar-refractivity contribution in [1.82, 2.24) is 14.5 Å². The van der Waals surface area contributed by atoms with Gasteiger partial charge in [-0.1, -0.05) is 31.0 Å². The van der Waals surface area contributed by atoms with E-state index in [1.807, 2.05) is 48.8 Å². The molecular formula is C30H28N6. The first-order valence-electron chi connectivity index (χ1n) is 12.5. The first kappa shape index (κ1) is 22.3. The van der Waals surface area contributed by atoms with Crippen LogP contribution >= 0.6 is 0 Å². The molecule has 3 aromatic heterocycles. The van der Waals surface area contributed by atoms with Gasteiger partial charge in [-0.15, -0.1) is 0 Å². The zero-order chi connectivity index (χ0) is 24.6. The molecule has 6 nitrogen and oxygen atoms in total. The molecule has 0 unspecified atom stereocenters. The van der Waals surface area contributed by atoms with E-state index in [2.05, 4.69) is 52.3 Å². The molecule has 178 valence electrons. The van der Waals surface area contributed by atoms with Crippen molar-refractivity contribution >= 4 is 27.6 Å². The van der Waals surface area contributed by atoms with Gasteiger partial charge in [-0.25, -0.2) is 4.98 Å². The van der Waals surface area contributed by atoms with E-state index in [0.29, 0.717) is 5.56 Å². The van der Waals surface area contributed by atoms with Crippen molar-refractivity contribution < 1.29 is 0 Å². The number of pyridine rings is 2. The van der Waals surface area contributed by atoms with Crippen molar-refractivity contribution in [2.24, 2.45) is 5.73 Å². The Morgan fingerprint density at radius 3 is 2.78 bits per heavy atom. The molecule has 6 rings (SSSR count).